The molecule has 6 heteroatoms. The Morgan fingerprint density at radius 3 is 2.70 bits per heavy atom. The van der Waals surface area contributed by atoms with E-state index in [9.17, 15) is 9.59 Å². The van der Waals surface area contributed by atoms with Gasteiger partial charge in [-0.2, -0.15) is 0 Å². The second-order valence-electron chi connectivity index (χ2n) is 6.64. The Kier molecular flexibility index (Phi) is 4.56. The number of piperidine rings is 1. The number of hydrogen-bond donors (Lipinski definition) is 0. The van der Waals surface area contributed by atoms with Crippen LogP contribution in [0.25, 0.3) is 0 Å². The zero-order valence-corrected chi connectivity index (χ0v) is 14.8. The van der Waals surface area contributed by atoms with Gasteiger partial charge in [-0.15, -0.1) is 0 Å². The summed E-state index contributed by atoms with van der Waals surface area (Å²) in [6.07, 6.45) is 2.41. The minimum atomic E-state index is -0.110. The first-order chi connectivity index (χ1) is 10.9. The smallest absolute Gasteiger partial charge is 0.255 e. The highest BCUT2D eigenvalue weighted by Gasteiger charge is 2.42. The summed E-state index contributed by atoms with van der Waals surface area (Å²) < 4.78 is 0. The van der Waals surface area contributed by atoms with E-state index in [1.54, 1.807) is 28.0 Å². The number of hydrogen-bond acceptors (Lipinski definition) is 2. The molecule has 0 aromatic heterocycles. The molecule has 0 unspecified atom stereocenters. The number of rotatable bonds is 2. The van der Waals surface area contributed by atoms with Crippen molar-refractivity contribution < 1.29 is 9.59 Å². The van der Waals surface area contributed by atoms with Crippen molar-refractivity contribution in [3.63, 3.8) is 0 Å². The molecule has 1 aliphatic heterocycles. The molecule has 0 bridgehead atoms. The molecule has 3 rings (SSSR count). The molecule has 1 aromatic rings. The van der Waals surface area contributed by atoms with Crippen LogP contribution >= 0.6 is 23.2 Å². The van der Waals surface area contributed by atoms with Crippen LogP contribution in [-0.4, -0.2) is 48.3 Å². The van der Waals surface area contributed by atoms with Crippen LogP contribution in [0.3, 0.4) is 0 Å². The van der Waals surface area contributed by atoms with Crippen molar-refractivity contribution in [1.82, 2.24) is 9.80 Å². The van der Waals surface area contributed by atoms with Gasteiger partial charge in [0.25, 0.3) is 5.91 Å². The summed E-state index contributed by atoms with van der Waals surface area (Å²) in [4.78, 5) is 28.2. The molecule has 1 heterocycles. The first kappa shape index (κ1) is 16.6. The summed E-state index contributed by atoms with van der Waals surface area (Å²) in [7, 11) is 3.67. The fourth-order valence-corrected chi connectivity index (χ4v) is 4.21. The van der Waals surface area contributed by atoms with Crippen molar-refractivity contribution in [2.24, 2.45) is 11.8 Å². The van der Waals surface area contributed by atoms with Gasteiger partial charge in [0.15, 0.2) is 0 Å². The average molecular weight is 355 g/mol. The Hall–Kier alpha value is -1.26. The molecule has 1 aromatic carbocycles. The third-order valence-electron chi connectivity index (χ3n) is 5.24. The van der Waals surface area contributed by atoms with E-state index < -0.39 is 0 Å². The van der Waals surface area contributed by atoms with Gasteiger partial charge in [-0.1, -0.05) is 29.3 Å². The van der Waals surface area contributed by atoms with E-state index in [2.05, 4.69) is 0 Å². The zero-order chi connectivity index (χ0) is 16.7. The summed E-state index contributed by atoms with van der Waals surface area (Å²) in [6.45, 7) is 0.792. The number of carbonyl (C=O) groups is 2. The van der Waals surface area contributed by atoms with Gasteiger partial charge >= 0.3 is 0 Å². The van der Waals surface area contributed by atoms with E-state index in [0.29, 0.717) is 33.9 Å². The molecule has 0 spiro atoms. The largest absolute Gasteiger partial charge is 0.345 e. The number of nitrogens with zero attached hydrogens (tertiary/aromatic N) is 2. The minimum Gasteiger partial charge on any atom is -0.345 e. The summed E-state index contributed by atoms with van der Waals surface area (Å²) in [5.41, 5.74) is 0.435. The molecule has 23 heavy (non-hydrogen) atoms. The van der Waals surface area contributed by atoms with Gasteiger partial charge in [-0.05, 0) is 36.8 Å². The van der Waals surface area contributed by atoms with Crippen LogP contribution in [0.4, 0.5) is 0 Å². The van der Waals surface area contributed by atoms with E-state index in [1.807, 2.05) is 14.1 Å². The summed E-state index contributed by atoms with van der Waals surface area (Å²) in [6, 6.07) is 5.25. The molecular weight excluding hydrogens is 335 g/mol. The number of amides is 2. The number of fused-ring (bicyclic) bond motifs is 1. The summed E-state index contributed by atoms with van der Waals surface area (Å²) >= 11 is 12.2. The van der Waals surface area contributed by atoms with Gasteiger partial charge in [-0.3, -0.25) is 9.59 Å². The van der Waals surface area contributed by atoms with E-state index in [1.165, 1.54) is 0 Å². The SMILES string of the molecule is CN1C[C@@H]2C[C@H](N(C)C(=O)c3cccc(Cl)c3Cl)C[C@@H]2CC1=O. The number of carbonyl (C=O) groups excluding carboxylic acids is 2. The predicted octanol–water partition coefficient (Wildman–Crippen LogP) is 3.32. The third-order valence-corrected chi connectivity index (χ3v) is 6.06. The fraction of sp³-hybridized carbons (Fsp3) is 0.529. The highest BCUT2D eigenvalue weighted by atomic mass is 35.5. The van der Waals surface area contributed by atoms with Gasteiger partial charge in [0.1, 0.15) is 0 Å². The maximum Gasteiger partial charge on any atom is 0.255 e. The first-order valence-electron chi connectivity index (χ1n) is 7.83. The fourth-order valence-electron chi connectivity index (χ4n) is 3.83. The molecule has 0 radical (unpaired) electrons. The van der Waals surface area contributed by atoms with Crippen molar-refractivity contribution >= 4 is 35.0 Å². The van der Waals surface area contributed by atoms with Gasteiger partial charge in [-0.25, -0.2) is 0 Å². The normalized spacial score (nSPS) is 27.0. The monoisotopic (exact) mass is 354 g/mol. The molecule has 2 aliphatic rings. The molecule has 1 saturated carbocycles. The lowest BCUT2D eigenvalue weighted by Crippen LogP contribution is -2.39. The summed E-state index contributed by atoms with van der Waals surface area (Å²) in [5.74, 6) is 0.959. The van der Waals surface area contributed by atoms with Gasteiger partial charge in [0.2, 0.25) is 5.91 Å². The number of likely N-dealkylation sites (tertiary alicyclic amines) is 1. The molecule has 2 fully saturated rings. The lowest BCUT2D eigenvalue weighted by Gasteiger charge is -2.31. The van der Waals surface area contributed by atoms with Crippen molar-refractivity contribution in [2.75, 3.05) is 20.6 Å². The molecule has 124 valence electrons. The van der Waals surface area contributed by atoms with Gasteiger partial charge < -0.3 is 9.80 Å². The topological polar surface area (TPSA) is 40.6 Å². The second kappa shape index (κ2) is 6.33. The van der Waals surface area contributed by atoms with Gasteiger partial charge in [0.05, 0.1) is 15.6 Å². The molecular formula is C17H20Cl2N2O2. The van der Waals surface area contributed by atoms with Crippen LogP contribution in [0.2, 0.25) is 10.0 Å². The minimum absolute atomic E-state index is 0.110. The van der Waals surface area contributed by atoms with Crippen LogP contribution < -0.4 is 0 Å². The van der Waals surface area contributed by atoms with Crippen LogP contribution in [0.1, 0.15) is 29.6 Å². The van der Waals surface area contributed by atoms with E-state index in [-0.39, 0.29) is 17.9 Å². The quantitative estimate of drug-likeness (QED) is 0.817. The highest BCUT2D eigenvalue weighted by molar-refractivity contribution is 6.43. The van der Waals surface area contributed by atoms with Crippen LogP contribution in [0, 0.1) is 11.8 Å². The molecule has 1 aliphatic carbocycles. The third kappa shape index (κ3) is 3.07. The van der Waals surface area contributed by atoms with Crippen molar-refractivity contribution in [3.05, 3.63) is 33.8 Å². The van der Waals surface area contributed by atoms with Crippen molar-refractivity contribution in [2.45, 2.75) is 25.3 Å². The number of halogens is 2. The van der Waals surface area contributed by atoms with Crippen molar-refractivity contribution in [3.8, 4) is 0 Å². The van der Waals surface area contributed by atoms with E-state index in [4.69, 9.17) is 23.2 Å². The Morgan fingerprint density at radius 2 is 1.96 bits per heavy atom. The Balaban J connectivity index is 1.74. The Bertz CT molecular complexity index is 649. The predicted molar refractivity (Wildman–Crippen MR) is 90.8 cm³/mol. The zero-order valence-electron chi connectivity index (χ0n) is 13.3. The van der Waals surface area contributed by atoms with Crippen LogP contribution in [0.15, 0.2) is 18.2 Å². The standard InChI is InChI=1S/C17H20Cl2N2O2/c1-20-9-11-7-12(6-10(11)8-15(20)22)21(2)17(23)13-4-3-5-14(18)16(13)19/h3-5,10-12H,6-9H2,1-2H3/t10-,11+,12-/m1/s1. The summed E-state index contributed by atoms with van der Waals surface area (Å²) in [5, 5.41) is 0.689. The van der Waals surface area contributed by atoms with Gasteiger partial charge in [0, 0.05) is 33.1 Å². The molecule has 3 atom stereocenters. The maximum absolute atomic E-state index is 12.7. The highest BCUT2D eigenvalue weighted by Crippen LogP contribution is 2.40. The second-order valence-corrected chi connectivity index (χ2v) is 7.43. The van der Waals surface area contributed by atoms with Crippen LogP contribution in [0.5, 0.6) is 0 Å². The van der Waals surface area contributed by atoms with Crippen LogP contribution in [-0.2, 0) is 4.79 Å². The molecule has 0 N–H and O–H groups in total. The average Bonchev–Trinajstić information content (AvgIpc) is 2.92. The van der Waals surface area contributed by atoms with E-state index in [0.717, 1.165) is 19.4 Å². The maximum atomic E-state index is 12.7. The molecule has 4 nitrogen and oxygen atoms in total. The lowest BCUT2D eigenvalue weighted by molar-refractivity contribution is -0.134. The molecule has 1 saturated heterocycles. The van der Waals surface area contributed by atoms with Crippen molar-refractivity contribution in [1.29, 1.82) is 0 Å². The Labute approximate surface area is 146 Å². The lowest BCUT2D eigenvalue weighted by atomic mass is 9.88. The first-order valence-corrected chi connectivity index (χ1v) is 8.59. The number of benzene rings is 1. The Morgan fingerprint density at radius 1 is 1.26 bits per heavy atom. The van der Waals surface area contributed by atoms with E-state index >= 15 is 0 Å². The molecule has 2 amide bonds.